The van der Waals surface area contributed by atoms with Gasteiger partial charge in [0.15, 0.2) is 0 Å². The maximum absolute atomic E-state index is 11.0. The molecule has 0 saturated carbocycles. The molecular weight excluding hydrogens is 206 g/mol. The van der Waals surface area contributed by atoms with Crippen molar-refractivity contribution in [2.24, 2.45) is 10.9 Å². The topological polar surface area (TPSA) is 105 Å². The highest BCUT2D eigenvalue weighted by molar-refractivity contribution is 7.89. The second-order valence-electron chi connectivity index (χ2n) is 2.85. The van der Waals surface area contributed by atoms with Crippen LogP contribution in [0.2, 0.25) is 0 Å². The molecule has 84 valence electrons. The summed E-state index contributed by atoms with van der Waals surface area (Å²) in [4.78, 5) is 0. The largest absolute Gasteiger partial charge is 0.409 e. The summed E-state index contributed by atoms with van der Waals surface area (Å²) in [6.07, 6.45) is 1.85. The van der Waals surface area contributed by atoms with Crippen molar-refractivity contribution >= 4 is 15.9 Å². The van der Waals surface area contributed by atoms with E-state index in [-0.39, 0.29) is 11.6 Å². The molecule has 7 heteroatoms. The van der Waals surface area contributed by atoms with Gasteiger partial charge < -0.3 is 10.9 Å². The summed E-state index contributed by atoms with van der Waals surface area (Å²) in [5, 5.41) is 11.0. The van der Waals surface area contributed by atoms with E-state index in [1.807, 2.05) is 0 Å². The van der Waals surface area contributed by atoms with Gasteiger partial charge in [-0.3, -0.25) is 0 Å². The van der Waals surface area contributed by atoms with Crippen molar-refractivity contribution in [3.8, 4) is 0 Å². The van der Waals surface area contributed by atoms with Crippen LogP contribution in [0.25, 0.3) is 0 Å². The Hall–Kier alpha value is -0.820. The van der Waals surface area contributed by atoms with Crippen molar-refractivity contribution in [2.75, 3.05) is 12.3 Å². The van der Waals surface area contributed by atoms with Crippen LogP contribution in [0.4, 0.5) is 0 Å². The fourth-order valence-electron chi connectivity index (χ4n) is 0.811. The van der Waals surface area contributed by atoms with Crippen LogP contribution in [0.1, 0.15) is 26.2 Å². The highest BCUT2D eigenvalue weighted by Gasteiger charge is 2.04. The van der Waals surface area contributed by atoms with Gasteiger partial charge >= 0.3 is 0 Å². The molecule has 0 unspecified atom stereocenters. The standard InChI is InChI=1S/C7H17N3O3S/c1-2-14(12,13)9-6-4-3-5-7(8)10-11/h9,11H,2-6H2,1H3,(H2,8,10). The molecule has 0 aromatic carbocycles. The van der Waals surface area contributed by atoms with Gasteiger partial charge in [-0.2, -0.15) is 0 Å². The minimum atomic E-state index is -3.09. The maximum Gasteiger partial charge on any atom is 0.211 e. The molecule has 14 heavy (non-hydrogen) atoms. The number of rotatable bonds is 7. The number of hydrogen-bond acceptors (Lipinski definition) is 4. The Balaban J connectivity index is 3.49. The lowest BCUT2D eigenvalue weighted by molar-refractivity contribution is 0.316. The molecule has 0 aromatic heterocycles. The van der Waals surface area contributed by atoms with E-state index in [0.717, 1.165) is 0 Å². The number of nitrogens with one attached hydrogen (secondary N) is 1. The summed E-state index contributed by atoms with van der Waals surface area (Å²) >= 11 is 0. The monoisotopic (exact) mass is 223 g/mol. The maximum atomic E-state index is 11.0. The van der Waals surface area contributed by atoms with Gasteiger partial charge in [0.2, 0.25) is 10.0 Å². The van der Waals surface area contributed by atoms with Gasteiger partial charge in [0.1, 0.15) is 5.84 Å². The van der Waals surface area contributed by atoms with Gasteiger partial charge in [0.25, 0.3) is 0 Å². The van der Waals surface area contributed by atoms with Crippen LogP contribution < -0.4 is 10.5 Å². The lowest BCUT2D eigenvalue weighted by Crippen LogP contribution is -2.26. The zero-order valence-corrected chi connectivity index (χ0v) is 9.05. The Morgan fingerprint density at radius 1 is 1.50 bits per heavy atom. The van der Waals surface area contributed by atoms with E-state index < -0.39 is 10.0 Å². The Morgan fingerprint density at radius 3 is 2.64 bits per heavy atom. The number of oxime groups is 1. The molecule has 0 aromatic rings. The highest BCUT2D eigenvalue weighted by Crippen LogP contribution is 1.94. The smallest absolute Gasteiger partial charge is 0.211 e. The molecule has 0 radical (unpaired) electrons. The molecule has 0 bridgehead atoms. The Kier molecular flexibility index (Phi) is 6.22. The van der Waals surface area contributed by atoms with Crippen molar-refractivity contribution < 1.29 is 13.6 Å². The van der Waals surface area contributed by atoms with Crippen LogP contribution in [0.3, 0.4) is 0 Å². The first kappa shape index (κ1) is 13.2. The van der Waals surface area contributed by atoms with Crippen LogP contribution in [0.15, 0.2) is 5.16 Å². The number of sulfonamides is 1. The minimum Gasteiger partial charge on any atom is -0.409 e. The lowest BCUT2D eigenvalue weighted by atomic mass is 10.2. The van der Waals surface area contributed by atoms with E-state index in [4.69, 9.17) is 10.9 Å². The molecule has 6 nitrogen and oxygen atoms in total. The number of nitrogens with two attached hydrogens (primary N) is 1. The lowest BCUT2D eigenvalue weighted by Gasteiger charge is -2.03. The summed E-state index contributed by atoms with van der Waals surface area (Å²) in [5.41, 5.74) is 5.23. The average molecular weight is 223 g/mol. The van der Waals surface area contributed by atoms with Crippen LogP contribution in [-0.2, 0) is 10.0 Å². The van der Waals surface area contributed by atoms with E-state index >= 15 is 0 Å². The summed E-state index contributed by atoms with van der Waals surface area (Å²) in [6.45, 7) is 1.98. The number of unbranched alkanes of at least 4 members (excludes halogenated alkanes) is 1. The van der Waals surface area contributed by atoms with E-state index in [0.29, 0.717) is 25.8 Å². The zero-order chi connectivity index (χ0) is 11.0. The van der Waals surface area contributed by atoms with Gasteiger partial charge in [-0.1, -0.05) is 5.16 Å². The fourth-order valence-corrected chi connectivity index (χ4v) is 1.47. The first-order valence-electron chi connectivity index (χ1n) is 4.45. The molecule has 0 amide bonds. The Labute approximate surface area is 84.2 Å². The Bertz CT molecular complexity index is 274. The van der Waals surface area contributed by atoms with Crippen molar-refractivity contribution in [2.45, 2.75) is 26.2 Å². The van der Waals surface area contributed by atoms with Crippen LogP contribution in [0, 0.1) is 0 Å². The van der Waals surface area contributed by atoms with Crippen molar-refractivity contribution in [1.82, 2.24) is 4.72 Å². The third-order valence-corrected chi connectivity index (χ3v) is 3.09. The average Bonchev–Trinajstić information content (AvgIpc) is 2.17. The minimum absolute atomic E-state index is 0.0905. The molecule has 0 aliphatic carbocycles. The highest BCUT2D eigenvalue weighted by atomic mass is 32.2. The zero-order valence-electron chi connectivity index (χ0n) is 8.23. The van der Waals surface area contributed by atoms with E-state index in [1.165, 1.54) is 0 Å². The Morgan fingerprint density at radius 2 is 2.14 bits per heavy atom. The van der Waals surface area contributed by atoms with E-state index in [1.54, 1.807) is 6.92 Å². The van der Waals surface area contributed by atoms with Crippen LogP contribution >= 0.6 is 0 Å². The van der Waals surface area contributed by atoms with Crippen LogP contribution in [0.5, 0.6) is 0 Å². The molecular formula is C7H17N3O3S. The SMILES string of the molecule is CCS(=O)(=O)NCCCCC(N)=NO. The number of nitrogens with zero attached hydrogens (tertiary/aromatic N) is 1. The summed E-state index contributed by atoms with van der Waals surface area (Å²) in [5.74, 6) is 0.260. The van der Waals surface area contributed by atoms with Crippen LogP contribution in [-0.4, -0.2) is 31.8 Å². The predicted octanol–water partition coefficient (Wildman–Crippen LogP) is -0.158. The second kappa shape index (κ2) is 6.61. The third-order valence-electron chi connectivity index (χ3n) is 1.69. The molecule has 4 N–H and O–H groups in total. The molecule has 0 heterocycles. The quantitative estimate of drug-likeness (QED) is 0.183. The molecule has 0 saturated heterocycles. The van der Waals surface area contributed by atoms with Gasteiger partial charge in [-0.15, -0.1) is 0 Å². The van der Waals surface area contributed by atoms with Crippen molar-refractivity contribution in [3.63, 3.8) is 0 Å². The summed E-state index contributed by atoms with van der Waals surface area (Å²) in [7, 11) is -3.09. The number of amidine groups is 1. The van der Waals surface area contributed by atoms with E-state index in [9.17, 15) is 8.42 Å². The van der Waals surface area contributed by atoms with Gasteiger partial charge in [0.05, 0.1) is 5.75 Å². The van der Waals surface area contributed by atoms with Gasteiger partial charge in [-0.25, -0.2) is 13.1 Å². The molecule has 0 fully saturated rings. The first-order valence-corrected chi connectivity index (χ1v) is 6.10. The first-order chi connectivity index (χ1) is 6.52. The molecule has 0 spiro atoms. The van der Waals surface area contributed by atoms with E-state index in [2.05, 4.69) is 9.88 Å². The third kappa shape index (κ3) is 6.67. The fraction of sp³-hybridized carbons (Fsp3) is 0.857. The predicted molar refractivity (Wildman–Crippen MR) is 54.7 cm³/mol. The summed E-state index contributed by atoms with van der Waals surface area (Å²) in [6, 6.07) is 0. The molecule has 0 rings (SSSR count). The second-order valence-corrected chi connectivity index (χ2v) is 4.94. The van der Waals surface area contributed by atoms with Gasteiger partial charge in [0, 0.05) is 13.0 Å². The molecule has 0 aliphatic heterocycles. The normalized spacial score (nSPS) is 13.1. The number of hydrogen-bond donors (Lipinski definition) is 3. The molecule has 0 atom stereocenters. The summed E-state index contributed by atoms with van der Waals surface area (Å²) < 4.78 is 24.3. The van der Waals surface area contributed by atoms with Crippen molar-refractivity contribution in [3.05, 3.63) is 0 Å². The van der Waals surface area contributed by atoms with Gasteiger partial charge in [-0.05, 0) is 19.8 Å². The molecule has 0 aliphatic rings. The van der Waals surface area contributed by atoms with Crippen molar-refractivity contribution in [1.29, 1.82) is 0 Å².